The quantitative estimate of drug-likeness (QED) is 0.556. The Bertz CT molecular complexity index is 1070. The fraction of sp³-hybridized carbons (Fsp3) is 0.542. The van der Waals surface area contributed by atoms with Crippen molar-refractivity contribution in [2.75, 3.05) is 26.2 Å². The largest absolute Gasteiger partial charge is 0.466 e. The van der Waals surface area contributed by atoms with Crippen molar-refractivity contribution in [1.29, 1.82) is 0 Å². The minimum Gasteiger partial charge on any atom is -0.466 e. The summed E-state index contributed by atoms with van der Waals surface area (Å²) in [5.74, 6) is 2.24. The Balaban J connectivity index is 1.43. The summed E-state index contributed by atoms with van der Waals surface area (Å²) in [4.78, 5) is 20.2. The first kappa shape index (κ1) is 21.6. The third-order valence-electron chi connectivity index (χ3n) is 6.11. The van der Waals surface area contributed by atoms with Gasteiger partial charge in [0.1, 0.15) is 11.5 Å². The molecule has 0 spiro atoms. The first-order chi connectivity index (χ1) is 14.9. The Kier molecular flexibility index (Phi) is 6.41. The molecule has 166 valence electrons. The zero-order valence-electron chi connectivity index (χ0n) is 19.0. The van der Waals surface area contributed by atoms with Gasteiger partial charge in [0.05, 0.1) is 22.3 Å². The van der Waals surface area contributed by atoms with Crippen LogP contribution >= 0.6 is 0 Å². The number of unbranched alkanes of at least 4 members (excludes halogenated alkanes) is 1. The summed E-state index contributed by atoms with van der Waals surface area (Å²) in [7, 11) is 0. The van der Waals surface area contributed by atoms with Crippen molar-refractivity contribution in [3.05, 3.63) is 34.9 Å². The van der Waals surface area contributed by atoms with Crippen LogP contribution in [0.5, 0.6) is 0 Å². The van der Waals surface area contributed by atoms with Crippen LogP contribution in [0, 0.1) is 26.7 Å². The van der Waals surface area contributed by atoms with Crippen molar-refractivity contribution in [1.82, 2.24) is 20.4 Å². The summed E-state index contributed by atoms with van der Waals surface area (Å²) in [5.41, 5.74) is 3.10. The fourth-order valence-electron chi connectivity index (χ4n) is 4.54. The molecule has 4 heterocycles. The number of amides is 1. The number of likely N-dealkylation sites (tertiary alicyclic amines) is 1. The number of carbonyl (C=O) groups excluding carboxylic acids is 1. The molecule has 1 saturated heterocycles. The van der Waals surface area contributed by atoms with Gasteiger partial charge in [0.2, 0.25) is 0 Å². The van der Waals surface area contributed by atoms with Gasteiger partial charge in [0.25, 0.3) is 11.6 Å². The van der Waals surface area contributed by atoms with E-state index in [0.717, 1.165) is 42.4 Å². The molecule has 1 amide bonds. The van der Waals surface area contributed by atoms with E-state index in [-0.39, 0.29) is 5.91 Å². The molecule has 7 heteroatoms. The van der Waals surface area contributed by atoms with E-state index in [1.165, 1.54) is 25.9 Å². The number of nitrogens with zero attached hydrogens (tertiary/aromatic N) is 3. The number of aryl methyl sites for hydroxylation is 3. The Labute approximate surface area is 183 Å². The van der Waals surface area contributed by atoms with Gasteiger partial charge in [-0.25, -0.2) is 4.98 Å². The maximum atomic E-state index is 13.0. The predicted molar refractivity (Wildman–Crippen MR) is 120 cm³/mol. The molecule has 0 saturated carbocycles. The van der Waals surface area contributed by atoms with E-state index in [2.05, 4.69) is 27.3 Å². The molecule has 1 aliphatic heterocycles. The number of carbonyl (C=O) groups is 1. The summed E-state index contributed by atoms with van der Waals surface area (Å²) >= 11 is 0. The molecule has 0 aliphatic carbocycles. The number of hydrogen-bond acceptors (Lipinski definition) is 6. The molecule has 1 fully saturated rings. The van der Waals surface area contributed by atoms with E-state index in [4.69, 9.17) is 8.94 Å². The average Bonchev–Trinajstić information content (AvgIpc) is 3.28. The molecule has 31 heavy (non-hydrogen) atoms. The SMILES string of the molecule is Cc1cc(-c2cc(C(=O)NCCCCN3CCCC(C)C3)c3c(C)noc3n2)c(C)o1. The van der Waals surface area contributed by atoms with Gasteiger partial charge in [-0.1, -0.05) is 12.1 Å². The van der Waals surface area contributed by atoms with Crippen LogP contribution < -0.4 is 5.32 Å². The summed E-state index contributed by atoms with van der Waals surface area (Å²) in [6.45, 7) is 12.1. The molecule has 1 unspecified atom stereocenters. The monoisotopic (exact) mass is 424 g/mol. The van der Waals surface area contributed by atoms with E-state index < -0.39 is 0 Å². The number of piperidine rings is 1. The molecule has 3 aromatic heterocycles. The highest BCUT2D eigenvalue weighted by Crippen LogP contribution is 2.30. The lowest BCUT2D eigenvalue weighted by Gasteiger charge is -2.30. The minimum absolute atomic E-state index is 0.121. The summed E-state index contributed by atoms with van der Waals surface area (Å²) in [6.07, 6.45) is 4.69. The number of hydrogen-bond donors (Lipinski definition) is 1. The van der Waals surface area contributed by atoms with Crippen LogP contribution in [0.15, 0.2) is 21.1 Å². The van der Waals surface area contributed by atoms with Gasteiger partial charge < -0.3 is 19.2 Å². The first-order valence-electron chi connectivity index (χ1n) is 11.3. The van der Waals surface area contributed by atoms with Crippen LogP contribution in [0.2, 0.25) is 0 Å². The molecule has 0 radical (unpaired) electrons. The molecular formula is C24H32N4O3. The first-order valence-corrected chi connectivity index (χ1v) is 11.3. The predicted octanol–water partition coefficient (Wildman–Crippen LogP) is 4.65. The Morgan fingerprint density at radius 2 is 2.10 bits per heavy atom. The molecule has 7 nitrogen and oxygen atoms in total. The van der Waals surface area contributed by atoms with Gasteiger partial charge in [-0.05, 0) is 77.6 Å². The van der Waals surface area contributed by atoms with E-state index in [9.17, 15) is 4.79 Å². The Hall–Kier alpha value is -2.67. The molecule has 1 N–H and O–H groups in total. The summed E-state index contributed by atoms with van der Waals surface area (Å²) in [6, 6.07) is 3.74. The lowest BCUT2D eigenvalue weighted by Crippen LogP contribution is -2.35. The standard InChI is InChI=1S/C24H32N4O3/c1-15-8-7-11-28(14-15)10-6-5-9-25-23(29)20-13-21(19-12-16(2)30-18(19)4)26-24-22(20)17(3)27-31-24/h12-13,15H,5-11,14H2,1-4H3,(H,25,29). The zero-order chi connectivity index (χ0) is 22.0. The maximum Gasteiger partial charge on any atom is 0.259 e. The van der Waals surface area contributed by atoms with Gasteiger partial charge >= 0.3 is 0 Å². The summed E-state index contributed by atoms with van der Waals surface area (Å²) < 4.78 is 11.0. The van der Waals surface area contributed by atoms with Crippen LogP contribution in [-0.2, 0) is 0 Å². The smallest absolute Gasteiger partial charge is 0.259 e. The third-order valence-corrected chi connectivity index (χ3v) is 6.11. The van der Waals surface area contributed by atoms with E-state index >= 15 is 0 Å². The molecule has 1 atom stereocenters. The van der Waals surface area contributed by atoms with Gasteiger partial charge in [0.15, 0.2) is 0 Å². The fourth-order valence-corrected chi connectivity index (χ4v) is 4.54. The van der Waals surface area contributed by atoms with Gasteiger partial charge in [-0.2, -0.15) is 0 Å². The third kappa shape index (κ3) is 4.82. The van der Waals surface area contributed by atoms with Crippen molar-refractivity contribution in [3.63, 3.8) is 0 Å². The zero-order valence-corrected chi connectivity index (χ0v) is 19.0. The number of fused-ring (bicyclic) bond motifs is 1. The van der Waals surface area contributed by atoms with Gasteiger partial charge in [-0.15, -0.1) is 0 Å². The highest BCUT2D eigenvalue weighted by atomic mass is 16.5. The van der Waals surface area contributed by atoms with E-state index in [1.54, 1.807) is 0 Å². The average molecular weight is 425 g/mol. The lowest BCUT2D eigenvalue weighted by atomic mass is 10.0. The van der Waals surface area contributed by atoms with Crippen molar-refractivity contribution >= 4 is 17.0 Å². The van der Waals surface area contributed by atoms with Crippen molar-refractivity contribution in [3.8, 4) is 11.3 Å². The van der Waals surface area contributed by atoms with Crippen LogP contribution in [0.4, 0.5) is 0 Å². The van der Waals surface area contributed by atoms with Crippen LogP contribution in [0.1, 0.15) is 60.2 Å². The molecule has 0 aromatic carbocycles. The summed E-state index contributed by atoms with van der Waals surface area (Å²) in [5, 5.41) is 7.77. The highest BCUT2D eigenvalue weighted by Gasteiger charge is 2.21. The van der Waals surface area contributed by atoms with E-state index in [1.807, 2.05) is 32.9 Å². The number of nitrogens with one attached hydrogen (secondary N) is 1. The van der Waals surface area contributed by atoms with Gasteiger partial charge in [-0.3, -0.25) is 4.79 Å². The minimum atomic E-state index is -0.121. The second kappa shape index (κ2) is 9.22. The molecule has 4 rings (SSSR count). The second-order valence-electron chi connectivity index (χ2n) is 8.84. The van der Waals surface area contributed by atoms with E-state index in [0.29, 0.717) is 34.6 Å². The second-order valence-corrected chi connectivity index (χ2v) is 8.84. The molecule has 3 aromatic rings. The van der Waals surface area contributed by atoms with Crippen molar-refractivity contribution in [2.45, 2.75) is 53.4 Å². The maximum absolute atomic E-state index is 13.0. The van der Waals surface area contributed by atoms with Crippen LogP contribution in [-0.4, -0.2) is 47.1 Å². The van der Waals surface area contributed by atoms with Crippen molar-refractivity contribution in [2.24, 2.45) is 5.92 Å². The number of rotatable bonds is 7. The lowest BCUT2D eigenvalue weighted by molar-refractivity contribution is 0.0953. The van der Waals surface area contributed by atoms with Gasteiger partial charge in [0, 0.05) is 18.7 Å². The number of aromatic nitrogens is 2. The van der Waals surface area contributed by atoms with Crippen LogP contribution in [0.3, 0.4) is 0 Å². The van der Waals surface area contributed by atoms with Crippen LogP contribution in [0.25, 0.3) is 22.4 Å². The molecular weight excluding hydrogens is 392 g/mol. The highest BCUT2D eigenvalue weighted by molar-refractivity contribution is 6.07. The Morgan fingerprint density at radius 1 is 1.26 bits per heavy atom. The Morgan fingerprint density at radius 3 is 2.84 bits per heavy atom. The molecule has 0 bridgehead atoms. The molecule has 1 aliphatic rings. The normalized spacial score (nSPS) is 17.4. The topological polar surface area (TPSA) is 84.4 Å². The number of furan rings is 1. The van der Waals surface area contributed by atoms with Crippen molar-refractivity contribution < 1.29 is 13.7 Å². The number of pyridine rings is 1.